The summed E-state index contributed by atoms with van der Waals surface area (Å²) in [4.78, 5) is 11.1. The van der Waals surface area contributed by atoms with Crippen LogP contribution in [0.3, 0.4) is 0 Å². The number of benzene rings is 1. The van der Waals surface area contributed by atoms with E-state index in [0.717, 1.165) is 5.69 Å². The number of carbonyl (C=O) groups is 1. The van der Waals surface area contributed by atoms with E-state index in [0.29, 0.717) is 16.7 Å². The fraction of sp³-hybridized carbons (Fsp3) is 0.200. The highest BCUT2D eigenvalue weighted by Gasteiger charge is 2.18. The first-order valence-corrected chi connectivity index (χ1v) is 4.40. The number of aromatic amines is 1. The number of ether oxygens (including phenoxy) is 1. The van der Waals surface area contributed by atoms with Crippen LogP contribution in [0.2, 0.25) is 0 Å². The van der Waals surface area contributed by atoms with E-state index in [4.69, 9.17) is 9.84 Å². The first-order valence-electron chi connectivity index (χ1n) is 4.40. The van der Waals surface area contributed by atoms with Crippen LogP contribution in [0.15, 0.2) is 12.1 Å². The zero-order chi connectivity index (χ0) is 11.0. The minimum Gasteiger partial charge on any atom is -0.496 e. The molecular weight excluding hydrogens is 196 g/mol. The van der Waals surface area contributed by atoms with E-state index in [-0.39, 0.29) is 5.56 Å². The van der Waals surface area contributed by atoms with Gasteiger partial charge in [-0.25, -0.2) is 4.79 Å². The average molecular weight is 206 g/mol. The topological polar surface area (TPSA) is 75.2 Å². The number of aromatic nitrogens is 2. The molecule has 1 aromatic heterocycles. The molecule has 2 aromatic rings. The van der Waals surface area contributed by atoms with Crippen LogP contribution in [0.5, 0.6) is 5.75 Å². The highest BCUT2D eigenvalue weighted by Crippen LogP contribution is 2.28. The van der Waals surface area contributed by atoms with Gasteiger partial charge in [0.1, 0.15) is 11.3 Å². The number of H-pyrrole nitrogens is 1. The normalized spacial score (nSPS) is 10.5. The summed E-state index contributed by atoms with van der Waals surface area (Å²) >= 11 is 0. The number of aryl methyl sites for hydroxylation is 1. The smallest absolute Gasteiger partial charge is 0.340 e. The maximum absolute atomic E-state index is 11.1. The van der Waals surface area contributed by atoms with Crippen molar-refractivity contribution in [3.05, 3.63) is 23.4 Å². The summed E-state index contributed by atoms with van der Waals surface area (Å²) in [5.41, 5.74) is 1.51. The summed E-state index contributed by atoms with van der Waals surface area (Å²) in [7, 11) is 1.45. The van der Waals surface area contributed by atoms with Gasteiger partial charge in [-0.05, 0) is 19.1 Å². The lowest BCUT2D eigenvalue weighted by Crippen LogP contribution is -2.01. The van der Waals surface area contributed by atoms with Crippen LogP contribution in [0.1, 0.15) is 16.1 Å². The number of carboxylic acids is 1. The number of nitrogens with one attached hydrogen (secondary N) is 1. The minimum absolute atomic E-state index is 0.154. The Morgan fingerprint density at radius 1 is 1.53 bits per heavy atom. The summed E-state index contributed by atoms with van der Waals surface area (Å²) in [6.45, 7) is 1.78. The maximum atomic E-state index is 11.1. The highest BCUT2D eigenvalue weighted by molar-refractivity contribution is 6.06. The zero-order valence-corrected chi connectivity index (χ0v) is 8.37. The predicted molar refractivity (Wildman–Crippen MR) is 54.3 cm³/mol. The highest BCUT2D eigenvalue weighted by atomic mass is 16.5. The lowest BCUT2D eigenvalue weighted by molar-refractivity contribution is 0.0695. The van der Waals surface area contributed by atoms with Gasteiger partial charge < -0.3 is 9.84 Å². The van der Waals surface area contributed by atoms with Gasteiger partial charge in [0.05, 0.1) is 12.6 Å². The molecule has 0 amide bonds. The Morgan fingerprint density at radius 3 is 2.87 bits per heavy atom. The van der Waals surface area contributed by atoms with E-state index >= 15 is 0 Å². The number of carboxylic acid groups (broad SMARTS) is 1. The van der Waals surface area contributed by atoms with Crippen LogP contribution in [-0.4, -0.2) is 28.4 Å². The first-order chi connectivity index (χ1) is 7.15. The molecule has 1 aromatic carbocycles. The molecule has 0 aliphatic carbocycles. The molecule has 0 saturated heterocycles. The molecule has 0 spiro atoms. The Labute approximate surface area is 85.7 Å². The van der Waals surface area contributed by atoms with Gasteiger partial charge in [-0.15, -0.1) is 0 Å². The first kappa shape index (κ1) is 9.51. The molecule has 15 heavy (non-hydrogen) atoms. The van der Waals surface area contributed by atoms with Gasteiger partial charge >= 0.3 is 5.97 Å². The summed E-state index contributed by atoms with van der Waals surface area (Å²) in [6, 6.07) is 3.33. The number of rotatable bonds is 2. The number of aromatic carboxylic acids is 1. The Balaban J connectivity index is 2.89. The second-order valence-corrected chi connectivity index (χ2v) is 3.19. The van der Waals surface area contributed by atoms with Crippen molar-refractivity contribution >= 4 is 16.9 Å². The van der Waals surface area contributed by atoms with Gasteiger partial charge in [0.15, 0.2) is 0 Å². The Hall–Kier alpha value is -2.04. The number of hydrogen-bond donors (Lipinski definition) is 2. The van der Waals surface area contributed by atoms with Gasteiger partial charge in [-0.3, -0.25) is 5.10 Å². The Kier molecular flexibility index (Phi) is 2.07. The molecule has 0 fully saturated rings. The fourth-order valence-corrected chi connectivity index (χ4v) is 1.63. The molecule has 0 unspecified atom stereocenters. The second kappa shape index (κ2) is 3.27. The van der Waals surface area contributed by atoms with Crippen molar-refractivity contribution < 1.29 is 14.6 Å². The quantitative estimate of drug-likeness (QED) is 0.782. The van der Waals surface area contributed by atoms with E-state index < -0.39 is 5.97 Å². The fourth-order valence-electron chi connectivity index (χ4n) is 1.63. The van der Waals surface area contributed by atoms with Crippen molar-refractivity contribution in [2.24, 2.45) is 0 Å². The van der Waals surface area contributed by atoms with E-state index in [9.17, 15) is 4.79 Å². The predicted octanol–water partition coefficient (Wildman–Crippen LogP) is 1.58. The molecule has 2 N–H and O–H groups in total. The van der Waals surface area contributed by atoms with E-state index in [1.807, 2.05) is 0 Å². The molecule has 78 valence electrons. The van der Waals surface area contributed by atoms with Gasteiger partial charge in [0.25, 0.3) is 0 Å². The Morgan fingerprint density at radius 2 is 2.27 bits per heavy atom. The van der Waals surface area contributed by atoms with Crippen molar-refractivity contribution in [1.29, 1.82) is 0 Å². The maximum Gasteiger partial charge on any atom is 0.340 e. The second-order valence-electron chi connectivity index (χ2n) is 3.19. The molecule has 5 nitrogen and oxygen atoms in total. The number of hydrogen-bond acceptors (Lipinski definition) is 3. The number of fused-ring (bicyclic) bond motifs is 1. The monoisotopic (exact) mass is 206 g/mol. The average Bonchev–Trinajstić information content (AvgIpc) is 2.59. The van der Waals surface area contributed by atoms with Crippen LogP contribution < -0.4 is 4.74 Å². The summed E-state index contributed by atoms with van der Waals surface area (Å²) < 4.78 is 5.02. The van der Waals surface area contributed by atoms with Crippen LogP contribution in [0, 0.1) is 6.92 Å². The molecule has 2 rings (SSSR count). The van der Waals surface area contributed by atoms with Crippen LogP contribution in [0.25, 0.3) is 10.9 Å². The molecule has 0 aliphatic rings. The van der Waals surface area contributed by atoms with Crippen LogP contribution in [0.4, 0.5) is 0 Å². The number of nitrogens with zero attached hydrogens (tertiary/aromatic N) is 1. The molecule has 0 aliphatic heterocycles. The standard InChI is InChI=1S/C10H10N2O3/c1-5-8-6(12-11-5)3-4-7(15-2)9(8)10(13)14/h3-4H,1-2H3,(H,11,12)(H,13,14). The Bertz CT molecular complexity index is 531. The molecule has 0 radical (unpaired) electrons. The van der Waals surface area contributed by atoms with E-state index in [1.54, 1.807) is 19.1 Å². The lowest BCUT2D eigenvalue weighted by atomic mass is 10.1. The van der Waals surface area contributed by atoms with Gasteiger partial charge in [0, 0.05) is 11.1 Å². The van der Waals surface area contributed by atoms with Gasteiger partial charge in [0.2, 0.25) is 0 Å². The lowest BCUT2D eigenvalue weighted by Gasteiger charge is -2.05. The van der Waals surface area contributed by atoms with Gasteiger partial charge in [-0.2, -0.15) is 5.10 Å². The molecule has 0 bridgehead atoms. The SMILES string of the molecule is COc1ccc2n[nH]c(C)c2c1C(=O)O. The van der Waals surface area contributed by atoms with Crippen LogP contribution in [-0.2, 0) is 0 Å². The van der Waals surface area contributed by atoms with Crippen molar-refractivity contribution in [3.63, 3.8) is 0 Å². The van der Waals surface area contributed by atoms with Crippen molar-refractivity contribution in [1.82, 2.24) is 10.2 Å². The summed E-state index contributed by atoms with van der Waals surface area (Å²) in [5, 5.41) is 16.5. The molecule has 0 atom stereocenters. The van der Waals surface area contributed by atoms with E-state index in [1.165, 1.54) is 7.11 Å². The third-order valence-corrected chi connectivity index (χ3v) is 2.30. The summed E-state index contributed by atoms with van der Waals surface area (Å²) in [5.74, 6) is -0.665. The number of methoxy groups -OCH3 is 1. The molecule has 1 heterocycles. The minimum atomic E-state index is -1.01. The zero-order valence-electron chi connectivity index (χ0n) is 8.37. The third kappa shape index (κ3) is 1.32. The van der Waals surface area contributed by atoms with Crippen molar-refractivity contribution in [2.75, 3.05) is 7.11 Å². The third-order valence-electron chi connectivity index (χ3n) is 2.30. The van der Waals surface area contributed by atoms with Crippen molar-refractivity contribution in [3.8, 4) is 5.75 Å². The van der Waals surface area contributed by atoms with Gasteiger partial charge in [-0.1, -0.05) is 0 Å². The molecule has 0 saturated carbocycles. The summed E-state index contributed by atoms with van der Waals surface area (Å²) in [6.07, 6.45) is 0. The van der Waals surface area contributed by atoms with E-state index in [2.05, 4.69) is 10.2 Å². The largest absolute Gasteiger partial charge is 0.496 e. The van der Waals surface area contributed by atoms with Crippen LogP contribution >= 0.6 is 0 Å². The van der Waals surface area contributed by atoms with Crippen molar-refractivity contribution in [2.45, 2.75) is 6.92 Å². The molecular formula is C10H10N2O3. The molecule has 5 heteroatoms.